The van der Waals surface area contributed by atoms with Crippen molar-refractivity contribution in [2.24, 2.45) is 11.7 Å². The van der Waals surface area contributed by atoms with Crippen LogP contribution in [0.25, 0.3) is 0 Å². The largest absolute Gasteiger partial charge is 0.335 e. The fourth-order valence-corrected chi connectivity index (χ4v) is 3.25. The van der Waals surface area contributed by atoms with Gasteiger partial charge in [0.15, 0.2) is 0 Å². The number of rotatable bonds is 5. The molecule has 3 nitrogen and oxygen atoms in total. The van der Waals surface area contributed by atoms with E-state index in [0.29, 0.717) is 24.9 Å². The molecule has 2 aliphatic carbocycles. The van der Waals surface area contributed by atoms with E-state index in [9.17, 15) is 9.18 Å². The van der Waals surface area contributed by atoms with Crippen LogP contribution in [0.15, 0.2) is 24.3 Å². The number of carbonyl (C=O) groups excluding carboxylic acids is 1. The van der Waals surface area contributed by atoms with Crippen molar-refractivity contribution in [2.75, 3.05) is 0 Å². The van der Waals surface area contributed by atoms with E-state index >= 15 is 0 Å². The molecule has 0 unspecified atom stereocenters. The van der Waals surface area contributed by atoms with Gasteiger partial charge >= 0.3 is 0 Å². The smallest absolute Gasteiger partial charge is 0.223 e. The molecule has 0 heterocycles. The summed E-state index contributed by atoms with van der Waals surface area (Å²) >= 11 is 0. The Bertz CT molecular complexity index is 498. The summed E-state index contributed by atoms with van der Waals surface area (Å²) in [5.41, 5.74) is 7.07. The first-order chi connectivity index (χ1) is 10.1. The molecular formula is C17H23FN2O. The van der Waals surface area contributed by atoms with Gasteiger partial charge in [-0.25, -0.2) is 4.39 Å². The topological polar surface area (TPSA) is 46.3 Å². The third kappa shape index (κ3) is 3.62. The number of halogens is 1. The van der Waals surface area contributed by atoms with Gasteiger partial charge in [0, 0.05) is 25.0 Å². The third-order valence-electron chi connectivity index (χ3n) is 4.73. The molecule has 0 aliphatic heterocycles. The van der Waals surface area contributed by atoms with Crippen molar-refractivity contribution in [3.63, 3.8) is 0 Å². The van der Waals surface area contributed by atoms with Crippen molar-refractivity contribution < 1.29 is 9.18 Å². The monoisotopic (exact) mass is 290 g/mol. The summed E-state index contributed by atoms with van der Waals surface area (Å²) in [5, 5.41) is 0. The molecule has 2 saturated carbocycles. The lowest BCUT2D eigenvalue weighted by molar-refractivity contribution is -0.133. The summed E-state index contributed by atoms with van der Waals surface area (Å²) in [5.74, 6) is 0.316. The minimum Gasteiger partial charge on any atom is -0.335 e. The Morgan fingerprint density at radius 2 is 1.90 bits per heavy atom. The van der Waals surface area contributed by atoms with Crippen LogP contribution >= 0.6 is 0 Å². The van der Waals surface area contributed by atoms with Crippen LogP contribution in [0.3, 0.4) is 0 Å². The summed E-state index contributed by atoms with van der Waals surface area (Å²) in [7, 11) is 0. The Labute approximate surface area is 125 Å². The SMILES string of the molecule is N[C@@H]1CCC[C@H]1CC(=O)N(Cc1ccc(F)cc1)C1CC1. The molecular weight excluding hydrogens is 267 g/mol. The van der Waals surface area contributed by atoms with Crippen molar-refractivity contribution in [2.45, 2.75) is 57.2 Å². The van der Waals surface area contributed by atoms with E-state index in [1.54, 1.807) is 12.1 Å². The fourth-order valence-electron chi connectivity index (χ4n) is 3.25. The van der Waals surface area contributed by atoms with Gasteiger partial charge in [-0.15, -0.1) is 0 Å². The fraction of sp³-hybridized carbons (Fsp3) is 0.588. The van der Waals surface area contributed by atoms with Crippen LogP contribution in [0.5, 0.6) is 0 Å². The summed E-state index contributed by atoms with van der Waals surface area (Å²) in [6, 6.07) is 7.00. The van der Waals surface area contributed by atoms with Crippen LogP contribution in [0.4, 0.5) is 4.39 Å². The molecule has 2 aliphatic rings. The maximum atomic E-state index is 13.0. The zero-order chi connectivity index (χ0) is 14.8. The van der Waals surface area contributed by atoms with E-state index in [1.165, 1.54) is 12.1 Å². The van der Waals surface area contributed by atoms with E-state index in [-0.39, 0.29) is 17.8 Å². The zero-order valence-electron chi connectivity index (χ0n) is 12.3. The van der Waals surface area contributed by atoms with Crippen LogP contribution < -0.4 is 5.73 Å². The van der Waals surface area contributed by atoms with E-state index in [4.69, 9.17) is 5.73 Å². The first-order valence-electron chi connectivity index (χ1n) is 7.93. The Morgan fingerprint density at radius 1 is 1.19 bits per heavy atom. The molecule has 1 aromatic carbocycles. The minimum absolute atomic E-state index is 0.181. The van der Waals surface area contributed by atoms with E-state index < -0.39 is 0 Å². The number of hydrogen-bond acceptors (Lipinski definition) is 2. The maximum Gasteiger partial charge on any atom is 0.223 e. The molecule has 1 amide bonds. The lowest BCUT2D eigenvalue weighted by Crippen LogP contribution is -2.36. The molecule has 2 atom stereocenters. The molecule has 1 aromatic rings. The van der Waals surface area contributed by atoms with Crippen LogP contribution in [0, 0.1) is 11.7 Å². The highest BCUT2D eigenvalue weighted by molar-refractivity contribution is 5.77. The Hall–Kier alpha value is -1.42. The van der Waals surface area contributed by atoms with Gasteiger partial charge in [-0.1, -0.05) is 18.6 Å². The van der Waals surface area contributed by atoms with Gasteiger partial charge in [-0.05, 0) is 49.3 Å². The quantitative estimate of drug-likeness (QED) is 0.906. The van der Waals surface area contributed by atoms with Crippen LogP contribution in [0.2, 0.25) is 0 Å². The van der Waals surface area contributed by atoms with Crippen molar-refractivity contribution in [1.82, 2.24) is 4.90 Å². The average molecular weight is 290 g/mol. The van der Waals surface area contributed by atoms with Gasteiger partial charge in [0.1, 0.15) is 5.82 Å². The van der Waals surface area contributed by atoms with Gasteiger partial charge in [-0.3, -0.25) is 4.79 Å². The van der Waals surface area contributed by atoms with E-state index in [1.807, 2.05) is 4.90 Å². The van der Waals surface area contributed by atoms with Crippen molar-refractivity contribution in [3.05, 3.63) is 35.6 Å². The maximum absolute atomic E-state index is 13.0. The highest BCUT2D eigenvalue weighted by Gasteiger charge is 2.35. The number of nitrogens with two attached hydrogens (primary N) is 1. The summed E-state index contributed by atoms with van der Waals surface area (Å²) in [4.78, 5) is 14.6. The second kappa shape index (κ2) is 6.14. The number of hydrogen-bond donors (Lipinski definition) is 1. The normalized spacial score (nSPS) is 25.0. The minimum atomic E-state index is -0.236. The highest BCUT2D eigenvalue weighted by atomic mass is 19.1. The first-order valence-corrected chi connectivity index (χ1v) is 7.93. The molecule has 4 heteroatoms. The zero-order valence-corrected chi connectivity index (χ0v) is 12.3. The molecule has 2 fully saturated rings. The second-order valence-electron chi connectivity index (χ2n) is 6.44. The molecule has 0 aromatic heterocycles. The van der Waals surface area contributed by atoms with Gasteiger partial charge in [0.05, 0.1) is 0 Å². The predicted octanol–water partition coefficient (Wildman–Crippen LogP) is 2.83. The first kappa shape index (κ1) is 14.5. The lowest BCUT2D eigenvalue weighted by Gasteiger charge is -2.25. The predicted molar refractivity (Wildman–Crippen MR) is 79.9 cm³/mol. The van der Waals surface area contributed by atoms with Crippen LogP contribution in [-0.4, -0.2) is 22.9 Å². The summed E-state index contributed by atoms with van der Waals surface area (Å²) in [6.45, 7) is 0.589. The molecule has 0 spiro atoms. The Kier molecular flexibility index (Phi) is 4.24. The number of nitrogens with zero attached hydrogens (tertiary/aromatic N) is 1. The van der Waals surface area contributed by atoms with Gasteiger partial charge < -0.3 is 10.6 Å². The van der Waals surface area contributed by atoms with E-state index in [0.717, 1.165) is 37.7 Å². The van der Waals surface area contributed by atoms with Gasteiger partial charge in [0.25, 0.3) is 0 Å². The molecule has 0 bridgehead atoms. The third-order valence-corrected chi connectivity index (χ3v) is 4.73. The van der Waals surface area contributed by atoms with E-state index in [2.05, 4.69) is 0 Å². The standard InChI is InChI=1S/C17H23FN2O/c18-14-6-4-12(5-7-14)11-20(15-8-9-15)17(21)10-13-2-1-3-16(13)19/h4-7,13,15-16H,1-3,8-11,19H2/t13-,16+/m0/s1. The number of carbonyl (C=O) groups is 1. The number of amides is 1. The van der Waals surface area contributed by atoms with Gasteiger partial charge in [0.2, 0.25) is 5.91 Å². The van der Waals surface area contributed by atoms with Crippen LogP contribution in [0.1, 0.15) is 44.1 Å². The summed E-state index contributed by atoms with van der Waals surface area (Å²) in [6.07, 6.45) is 5.99. The lowest BCUT2D eigenvalue weighted by atomic mass is 9.99. The Balaban J connectivity index is 1.63. The van der Waals surface area contributed by atoms with Crippen molar-refractivity contribution in [1.29, 1.82) is 0 Å². The van der Waals surface area contributed by atoms with Crippen LogP contribution in [-0.2, 0) is 11.3 Å². The van der Waals surface area contributed by atoms with Gasteiger partial charge in [-0.2, -0.15) is 0 Å². The second-order valence-corrected chi connectivity index (χ2v) is 6.44. The molecule has 114 valence electrons. The molecule has 2 N–H and O–H groups in total. The number of benzene rings is 1. The molecule has 0 radical (unpaired) electrons. The highest BCUT2D eigenvalue weighted by Crippen LogP contribution is 2.32. The molecule has 21 heavy (non-hydrogen) atoms. The summed E-state index contributed by atoms with van der Waals surface area (Å²) < 4.78 is 13.0. The average Bonchev–Trinajstić information content (AvgIpc) is 3.23. The Morgan fingerprint density at radius 3 is 2.48 bits per heavy atom. The molecule has 0 saturated heterocycles. The molecule has 3 rings (SSSR count). The van der Waals surface area contributed by atoms with Crippen molar-refractivity contribution >= 4 is 5.91 Å². The van der Waals surface area contributed by atoms with Crippen molar-refractivity contribution in [3.8, 4) is 0 Å².